The average molecular weight is 491 g/mol. The second-order valence-corrected chi connectivity index (χ2v) is 10.4. The van der Waals surface area contributed by atoms with E-state index in [1.54, 1.807) is 12.1 Å². The molecule has 182 valence electrons. The van der Waals surface area contributed by atoms with Crippen molar-refractivity contribution in [3.05, 3.63) is 88.7 Å². The number of carbonyl (C=O) groups excluding carboxylic acids is 1. The Bertz CT molecular complexity index is 1470. The molecule has 4 aromatic rings. The number of rotatable bonds is 7. The zero-order chi connectivity index (χ0) is 25.2. The van der Waals surface area contributed by atoms with Gasteiger partial charge in [-0.05, 0) is 80.3 Å². The first kappa shape index (κ1) is 24.5. The molecular weight excluding hydrogens is 460 g/mol. The van der Waals surface area contributed by atoms with E-state index in [2.05, 4.69) is 47.5 Å². The number of hydrogen-bond acceptors (Lipinski definition) is 4. The molecule has 0 bridgehead atoms. The van der Waals surface area contributed by atoms with E-state index in [1.165, 1.54) is 23.3 Å². The largest absolute Gasteiger partial charge is 0.337 e. The minimum absolute atomic E-state index is 0.0534. The second-order valence-electron chi connectivity index (χ2n) is 8.73. The molecule has 0 unspecified atom stereocenters. The van der Waals surface area contributed by atoms with Crippen molar-refractivity contribution in [1.82, 2.24) is 19.6 Å². The minimum Gasteiger partial charge on any atom is -0.337 e. The molecule has 2 N–H and O–H groups in total. The van der Waals surface area contributed by atoms with Crippen molar-refractivity contribution >= 4 is 27.1 Å². The van der Waals surface area contributed by atoms with Crippen LogP contribution >= 0.6 is 0 Å². The van der Waals surface area contributed by atoms with Crippen LogP contribution < -0.4 is 10.0 Å². The average Bonchev–Trinajstić information content (AvgIpc) is 3.17. The normalized spacial score (nSPS) is 11.5. The standard InChI is InChI=1S/C27H30N4O3S/c1-5-26-29-24-16-19(3)20(4)17-25(24)31(26)22-10-8-21(9-11-22)14-15-28-27(32)30-35(33,34)23-12-6-18(2)7-13-23/h6-13,16-17H,5,14-15H2,1-4H3,(H2,28,30,32). The van der Waals surface area contributed by atoms with Crippen LogP contribution in [0.4, 0.5) is 4.79 Å². The topological polar surface area (TPSA) is 93.1 Å². The molecule has 1 aromatic heterocycles. The molecule has 1 heterocycles. The number of nitrogens with zero attached hydrogens (tertiary/aromatic N) is 2. The van der Waals surface area contributed by atoms with Crippen LogP contribution in [-0.4, -0.2) is 30.5 Å². The third-order valence-corrected chi connectivity index (χ3v) is 7.45. The monoisotopic (exact) mass is 490 g/mol. The van der Waals surface area contributed by atoms with Crippen molar-refractivity contribution in [2.75, 3.05) is 6.54 Å². The molecular formula is C27H30N4O3S. The van der Waals surface area contributed by atoms with Gasteiger partial charge in [-0.15, -0.1) is 0 Å². The van der Waals surface area contributed by atoms with Gasteiger partial charge in [0, 0.05) is 18.7 Å². The van der Waals surface area contributed by atoms with Crippen LogP contribution in [0.3, 0.4) is 0 Å². The summed E-state index contributed by atoms with van der Waals surface area (Å²) in [5, 5.41) is 2.62. The van der Waals surface area contributed by atoms with Gasteiger partial charge >= 0.3 is 6.03 Å². The maximum atomic E-state index is 12.3. The molecule has 0 aliphatic rings. The van der Waals surface area contributed by atoms with E-state index in [1.807, 2.05) is 31.2 Å². The summed E-state index contributed by atoms with van der Waals surface area (Å²) in [5.74, 6) is 1.01. The first-order valence-electron chi connectivity index (χ1n) is 11.6. The van der Waals surface area contributed by atoms with E-state index in [9.17, 15) is 13.2 Å². The smallest absolute Gasteiger partial charge is 0.328 e. The van der Waals surface area contributed by atoms with Crippen molar-refractivity contribution in [1.29, 1.82) is 0 Å². The van der Waals surface area contributed by atoms with Gasteiger partial charge in [0.05, 0.1) is 15.9 Å². The number of urea groups is 1. The number of fused-ring (bicyclic) bond motifs is 1. The number of nitrogens with one attached hydrogen (secondary N) is 2. The maximum Gasteiger partial charge on any atom is 0.328 e. The van der Waals surface area contributed by atoms with Gasteiger partial charge in [0.15, 0.2) is 0 Å². The number of aromatic nitrogens is 2. The molecule has 0 saturated carbocycles. The van der Waals surface area contributed by atoms with E-state index < -0.39 is 16.1 Å². The molecule has 0 atom stereocenters. The zero-order valence-corrected chi connectivity index (χ0v) is 21.2. The Morgan fingerprint density at radius 3 is 2.26 bits per heavy atom. The van der Waals surface area contributed by atoms with Crippen molar-refractivity contribution in [3.63, 3.8) is 0 Å². The molecule has 0 saturated heterocycles. The van der Waals surface area contributed by atoms with Crippen molar-refractivity contribution in [2.24, 2.45) is 0 Å². The lowest BCUT2D eigenvalue weighted by molar-refractivity contribution is 0.246. The third kappa shape index (κ3) is 5.38. The molecule has 0 spiro atoms. The van der Waals surface area contributed by atoms with E-state index in [-0.39, 0.29) is 4.90 Å². The Kier molecular flexibility index (Phi) is 6.93. The highest BCUT2D eigenvalue weighted by molar-refractivity contribution is 7.90. The SMILES string of the molecule is CCc1nc2cc(C)c(C)cc2n1-c1ccc(CCNC(=O)NS(=O)(=O)c2ccc(C)cc2)cc1. The number of aryl methyl sites for hydroxylation is 4. The minimum atomic E-state index is -3.90. The predicted molar refractivity (Wildman–Crippen MR) is 139 cm³/mol. The number of carbonyl (C=O) groups is 1. The summed E-state index contributed by atoms with van der Waals surface area (Å²) in [6, 6.07) is 18.0. The molecule has 35 heavy (non-hydrogen) atoms. The summed E-state index contributed by atoms with van der Waals surface area (Å²) < 4.78 is 28.9. The van der Waals surface area contributed by atoms with E-state index in [0.29, 0.717) is 13.0 Å². The molecule has 2 amide bonds. The van der Waals surface area contributed by atoms with Gasteiger partial charge in [-0.1, -0.05) is 36.8 Å². The molecule has 0 aliphatic carbocycles. The molecule has 0 fully saturated rings. The Hall–Kier alpha value is -3.65. The lowest BCUT2D eigenvalue weighted by Crippen LogP contribution is -2.40. The van der Waals surface area contributed by atoms with Gasteiger partial charge in [-0.3, -0.25) is 4.57 Å². The van der Waals surface area contributed by atoms with Crippen molar-refractivity contribution < 1.29 is 13.2 Å². The number of imidazole rings is 1. The van der Waals surface area contributed by atoms with E-state index in [0.717, 1.165) is 40.1 Å². The highest BCUT2D eigenvalue weighted by atomic mass is 32.2. The van der Waals surface area contributed by atoms with Crippen LogP contribution in [0, 0.1) is 20.8 Å². The van der Waals surface area contributed by atoms with Crippen LogP contribution in [0.25, 0.3) is 16.7 Å². The molecule has 0 radical (unpaired) electrons. The van der Waals surface area contributed by atoms with Gasteiger partial charge in [-0.25, -0.2) is 22.9 Å². The maximum absolute atomic E-state index is 12.3. The fraction of sp³-hybridized carbons (Fsp3) is 0.259. The molecule has 7 nitrogen and oxygen atoms in total. The van der Waals surface area contributed by atoms with Gasteiger partial charge in [0.2, 0.25) is 0 Å². The van der Waals surface area contributed by atoms with E-state index >= 15 is 0 Å². The van der Waals surface area contributed by atoms with Crippen molar-refractivity contribution in [2.45, 2.75) is 45.4 Å². The van der Waals surface area contributed by atoms with Gasteiger partial charge in [0.25, 0.3) is 10.0 Å². The molecule has 4 rings (SSSR count). The fourth-order valence-corrected chi connectivity index (χ4v) is 4.90. The third-order valence-electron chi connectivity index (χ3n) is 6.11. The predicted octanol–water partition coefficient (Wildman–Crippen LogP) is 4.74. The van der Waals surface area contributed by atoms with E-state index in [4.69, 9.17) is 4.98 Å². The summed E-state index contributed by atoms with van der Waals surface area (Å²) in [6.45, 7) is 8.48. The highest BCUT2D eigenvalue weighted by Gasteiger charge is 2.17. The van der Waals surface area contributed by atoms with Crippen LogP contribution in [-0.2, 0) is 22.9 Å². The Morgan fingerprint density at radius 1 is 0.943 bits per heavy atom. The summed E-state index contributed by atoms with van der Waals surface area (Å²) in [6.07, 6.45) is 1.39. The summed E-state index contributed by atoms with van der Waals surface area (Å²) >= 11 is 0. The van der Waals surface area contributed by atoms with Crippen molar-refractivity contribution in [3.8, 4) is 5.69 Å². The fourth-order valence-electron chi connectivity index (χ4n) is 3.97. The Balaban J connectivity index is 1.40. The Labute approximate surface area is 206 Å². The quantitative estimate of drug-likeness (QED) is 0.391. The number of amides is 2. The highest BCUT2D eigenvalue weighted by Crippen LogP contribution is 2.25. The second kappa shape index (κ2) is 9.92. The molecule has 3 aromatic carbocycles. The summed E-state index contributed by atoms with van der Waals surface area (Å²) in [7, 11) is -3.90. The lowest BCUT2D eigenvalue weighted by Gasteiger charge is -2.11. The number of sulfonamides is 1. The summed E-state index contributed by atoms with van der Waals surface area (Å²) in [5.41, 5.74) is 7.54. The first-order chi connectivity index (χ1) is 16.7. The van der Waals surface area contributed by atoms with Crippen LogP contribution in [0.15, 0.2) is 65.6 Å². The van der Waals surface area contributed by atoms with Crippen LogP contribution in [0.5, 0.6) is 0 Å². The molecule has 8 heteroatoms. The van der Waals surface area contributed by atoms with Crippen LogP contribution in [0.2, 0.25) is 0 Å². The first-order valence-corrected chi connectivity index (χ1v) is 13.1. The van der Waals surface area contributed by atoms with Crippen LogP contribution in [0.1, 0.15) is 35.0 Å². The zero-order valence-electron chi connectivity index (χ0n) is 20.4. The van der Waals surface area contributed by atoms with Gasteiger partial charge < -0.3 is 5.32 Å². The number of hydrogen-bond donors (Lipinski definition) is 2. The van der Waals surface area contributed by atoms with Gasteiger partial charge in [-0.2, -0.15) is 0 Å². The molecule has 0 aliphatic heterocycles. The Morgan fingerprint density at radius 2 is 1.60 bits per heavy atom. The van der Waals surface area contributed by atoms with Gasteiger partial charge in [0.1, 0.15) is 5.82 Å². The summed E-state index contributed by atoms with van der Waals surface area (Å²) in [4.78, 5) is 17.0. The lowest BCUT2D eigenvalue weighted by atomic mass is 10.1. The number of benzene rings is 3.